The van der Waals surface area contributed by atoms with Crippen molar-refractivity contribution in [2.45, 2.75) is 0 Å². The minimum atomic E-state index is 0.340. The molecular weight excluding hydrogens is 118 g/mol. The van der Waals surface area contributed by atoms with E-state index < -0.39 is 0 Å². The third kappa shape index (κ3) is 1.40. The van der Waals surface area contributed by atoms with E-state index in [0.29, 0.717) is 5.82 Å². The van der Waals surface area contributed by atoms with Gasteiger partial charge < -0.3 is 5.53 Å². The van der Waals surface area contributed by atoms with Gasteiger partial charge >= 0.3 is 6.21 Å². The van der Waals surface area contributed by atoms with E-state index in [0.717, 1.165) is 6.21 Å². The maximum absolute atomic E-state index is 7.99. The molecule has 0 N–H and O–H groups in total. The van der Waals surface area contributed by atoms with Gasteiger partial charge in [0.05, 0.1) is 0 Å². The van der Waals surface area contributed by atoms with Gasteiger partial charge in [0.1, 0.15) is 12.7 Å². The molecule has 0 aliphatic rings. The highest BCUT2D eigenvalue weighted by Gasteiger charge is 1.89. The average molecular weight is 121 g/mol. The first-order valence-electron chi connectivity index (χ1n) is 2.23. The minimum Gasteiger partial charge on any atom is -0.361 e. The zero-order valence-electron chi connectivity index (χ0n) is 4.47. The van der Waals surface area contributed by atoms with Crippen molar-refractivity contribution >= 4 is 6.21 Å². The van der Waals surface area contributed by atoms with E-state index in [-0.39, 0.29) is 0 Å². The fraction of sp³-hybridized carbons (Fsp3) is 0. The highest BCUT2D eigenvalue weighted by molar-refractivity contribution is 5.68. The molecule has 0 aromatic carbocycles. The monoisotopic (exact) mass is 121 g/mol. The molecule has 0 amide bonds. The summed E-state index contributed by atoms with van der Waals surface area (Å²) in [5.74, 6) is 0.340. The predicted octanol–water partition coefficient (Wildman–Crippen LogP) is -0.480. The molecule has 0 saturated heterocycles. The summed E-state index contributed by atoms with van der Waals surface area (Å²) in [6, 6.07) is 0. The molecule has 0 spiro atoms. The highest BCUT2D eigenvalue weighted by Crippen LogP contribution is 1.73. The van der Waals surface area contributed by atoms with Gasteiger partial charge in [-0.1, -0.05) is 0 Å². The molecule has 0 radical (unpaired) electrons. The first-order valence-corrected chi connectivity index (χ1v) is 2.23. The number of hydrogen-bond acceptors (Lipinski definition) is 3. The quantitative estimate of drug-likeness (QED) is 0.286. The Kier molecular flexibility index (Phi) is 1.62. The molecule has 1 aromatic rings. The molecule has 0 unspecified atom stereocenters. The molecule has 0 fully saturated rings. The largest absolute Gasteiger partial charge is 0.361 e. The molecular formula is C4H3N5. The molecule has 0 aliphatic carbocycles. The van der Waals surface area contributed by atoms with Crippen molar-refractivity contribution in [3.63, 3.8) is 0 Å². The first kappa shape index (κ1) is 5.53. The molecule has 5 nitrogen and oxygen atoms in total. The lowest BCUT2D eigenvalue weighted by molar-refractivity contribution is 0.00392. The zero-order chi connectivity index (χ0) is 6.53. The lowest BCUT2D eigenvalue weighted by Crippen LogP contribution is -1.92. The third-order valence-corrected chi connectivity index (χ3v) is 0.687. The van der Waals surface area contributed by atoms with Crippen LogP contribution in [0.2, 0.25) is 0 Å². The van der Waals surface area contributed by atoms with E-state index in [9.17, 15) is 0 Å². The topological polar surface area (TPSA) is 75.1 Å². The number of aromatic nitrogens is 3. The number of nitrogens with zero attached hydrogens (tertiary/aromatic N) is 5. The average Bonchev–Trinajstić information content (AvgIpc) is 1.91. The van der Waals surface area contributed by atoms with Crippen LogP contribution in [0.4, 0.5) is 0 Å². The van der Waals surface area contributed by atoms with Crippen molar-refractivity contribution in [1.82, 2.24) is 15.0 Å². The van der Waals surface area contributed by atoms with Crippen LogP contribution in [-0.2, 0) is 0 Å². The van der Waals surface area contributed by atoms with Crippen molar-refractivity contribution < 1.29 is 4.79 Å². The Morgan fingerprint density at radius 3 is 2.67 bits per heavy atom. The van der Waals surface area contributed by atoms with Crippen LogP contribution in [0.15, 0.2) is 12.7 Å². The van der Waals surface area contributed by atoms with Crippen LogP contribution >= 0.6 is 0 Å². The Balaban J connectivity index is 2.97. The molecule has 9 heavy (non-hydrogen) atoms. The van der Waals surface area contributed by atoms with Crippen molar-refractivity contribution in [3.05, 3.63) is 24.0 Å². The van der Waals surface area contributed by atoms with Gasteiger partial charge in [0, 0.05) is 0 Å². The van der Waals surface area contributed by atoms with E-state index in [1.807, 2.05) is 0 Å². The van der Waals surface area contributed by atoms with Gasteiger partial charge in [0.2, 0.25) is 5.82 Å². The number of rotatable bonds is 1. The van der Waals surface area contributed by atoms with Gasteiger partial charge in [-0.15, -0.1) is 0 Å². The maximum Gasteiger partial charge on any atom is 0.324 e. The van der Waals surface area contributed by atoms with Crippen LogP contribution in [0.1, 0.15) is 5.82 Å². The van der Waals surface area contributed by atoms with Gasteiger partial charge in [0.15, 0.2) is 0 Å². The van der Waals surface area contributed by atoms with Crippen LogP contribution in [0.25, 0.3) is 5.53 Å². The smallest absolute Gasteiger partial charge is 0.324 e. The van der Waals surface area contributed by atoms with E-state index >= 15 is 0 Å². The lowest BCUT2D eigenvalue weighted by atomic mass is 10.7. The van der Waals surface area contributed by atoms with Gasteiger partial charge in [-0.05, 0) is 0 Å². The first-order chi connectivity index (χ1) is 4.43. The van der Waals surface area contributed by atoms with Gasteiger partial charge in [-0.25, -0.2) is 15.0 Å². The molecule has 1 rings (SSSR count). The molecule has 0 aliphatic heterocycles. The summed E-state index contributed by atoms with van der Waals surface area (Å²) < 4.78 is 0. The van der Waals surface area contributed by atoms with Crippen LogP contribution in [0.3, 0.4) is 0 Å². The van der Waals surface area contributed by atoms with Crippen molar-refractivity contribution in [1.29, 1.82) is 0 Å². The van der Waals surface area contributed by atoms with Crippen LogP contribution < -0.4 is 0 Å². The van der Waals surface area contributed by atoms with Crippen molar-refractivity contribution in [3.8, 4) is 0 Å². The maximum atomic E-state index is 7.99. The SMILES string of the molecule is [N-]=[N+]=Cc1ncncn1. The fourth-order valence-corrected chi connectivity index (χ4v) is 0.366. The number of hydrogen-bond donors (Lipinski definition) is 0. The van der Waals surface area contributed by atoms with Crippen molar-refractivity contribution in [2.24, 2.45) is 0 Å². The summed E-state index contributed by atoms with van der Waals surface area (Å²) in [6.45, 7) is 0. The molecule has 0 bridgehead atoms. The molecule has 44 valence electrons. The molecule has 1 aromatic heterocycles. The summed E-state index contributed by atoms with van der Waals surface area (Å²) in [4.78, 5) is 13.6. The highest BCUT2D eigenvalue weighted by atomic mass is 15.0. The van der Waals surface area contributed by atoms with E-state index in [4.69, 9.17) is 5.53 Å². The summed E-state index contributed by atoms with van der Waals surface area (Å²) >= 11 is 0. The summed E-state index contributed by atoms with van der Waals surface area (Å²) in [6.07, 6.45) is 3.77. The third-order valence-electron chi connectivity index (χ3n) is 0.687. The molecule has 1 heterocycles. The molecule has 0 atom stereocenters. The van der Waals surface area contributed by atoms with Gasteiger partial charge in [0.25, 0.3) is 0 Å². The molecule has 0 saturated carbocycles. The van der Waals surface area contributed by atoms with Gasteiger partial charge in [-0.3, -0.25) is 0 Å². The normalized spacial score (nSPS) is 8.00. The Morgan fingerprint density at radius 2 is 2.11 bits per heavy atom. The summed E-state index contributed by atoms with van der Waals surface area (Å²) in [5, 5.41) is 0. The van der Waals surface area contributed by atoms with Crippen LogP contribution in [0, 0.1) is 0 Å². The Morgan fingerprint density at radius 1 is 1.44 bits per heavy atom. The zero-order valence-corrected chi connectivity index (χ0v) is 4.47. The van der Waals surface area contributed by atoms with Crippen LogP contribution in [0.5, 0.6) is 0 Å². The second-order valence-electron chi connectivity index (χ2n) is 1.24. The summed E-state index contributed by atoms with van der Waals surface area (Å²) in [5.41, 5.74) is 7.99. The van der Waals surface area contributed by atoms with Gasteiger partial charge in [-0.2, -0.15) is 4.79 Å². The second kappa shape index (κ2) is 2.64. The Hall–Kier alpha value is -1.61. The molecule has 5 heteroatoms. The van der Waals surface area contributed by atoms with Crippen LogP contribution in [-0.4, -0.2) is 26.0 Å². The summed E-state index contributed by atoms with van der Waals surface area (Å²) in [7, 11) is 0. The second-order valence-corrected chi connectivity index (χ2v) is 1.24. The minimum absolute atomic E-state index is 0.340. The van der Waals surface area contributed by atoms with E-state index in [2.05, 4.69) is 19.7 Å². The standard InChI is InChI=1S/C4H3N5/c5-9-1-4-7-2-6-3-8-4/h1-3H. The van der Waals surface area contributed by atoms with Crippen molar-refractivity contribution in [2.75, 3.05) is 0 Å². The Bertz CT molecular complexity index is 224. The predicted molar refractivity (Wildman–Crippen MR) is 28.6 cm³/mol. The van der Waals surface area contributed by atoms with E-state index in [1.54, 1.807) is 0 Å². The van der Waals surface area contributed by atoms with E-state index in [1.165, 1.54) is 12.7 Å². The lowest BCUT2D eigenvalue weighted by Gasteiger charge is -1.78. The Labute approximate surface area is 51.0 Å². The fourth-order valence-electron chi connectivity index (χ4n) is 0.366.